The number of hydrogen-bond acceptors (Lipinski definition) is 2. The van der Waals surface area contributed by atoms with Crippen molar-refractivity contribution >= 4 is 0 Å². The van der Waals surface area contributed by atoms with Crippen LogP contribution in [0, 0.1) is 0 Å². The molecule has 0 saturated heterocycles. The van der Waals surface area contributed by atoms with Gasteiger partial charge in [-0.05, 0) is 47.8 Å². The summed E-state index contributed by atoms with van der Waals surface area (Å²) in [5.41, 5.74) is 5.58. The van der Waals surface area contributed by atoms with Gasteiger partial charge in [-0.25, -0.2) is 0 Å². The molecule has 0 aliphatic carbocycles. The van der Waals surface area contributed by atoms with E-state index in [0.717, 1.165) is 25.1 Å². The predicted octanol–water partition coefficient (Wildman–Crippen LogP) is 4.50. The van der Waals surface area contributed by atoms with Gasteiger partial charge in [-0.3, -0.25) is 4.68 Å². The number of nitrogens with zero attached hydrogens (tertiary/aromatic N) is 3. The van der Waals surface area contributed by atoms with E-state index in [1.165, 1.54) is 16.7 Å². The first kappa shape index (κ1) is 16.7. The minimum absolute atomic E-state index is 0.187. The van der Waals surface area contributed by atoms with E-state index in [0.29, 0.717) is 5.92 Å². The van der Waals surface area contributed by atoms with Crippen LogP contribution in [0.5, 0.6) is 0 Å². The molecule has 0 aliphatic heterocycles. The van der Waals surface area contributed by atoms with Gasteiger partial charge in [-0.15, -0.1) is 5.10 Å². The number of aromatic nitrogens is 3. The summed E-state index contributed by atoms with van der Waals surface area (Å²) in [5.74, 6) is 0.458. The Morgan fingerprint density at radius 1 is 1.18 bits per heavy atom. The Labute approximate surface area is 134 Å². The Balaban J connectivity index is 2.28. The Hall–Kier alpha value is -1.64. The fourth-order valence-corrected chi connectivity index (χ4v) is 2.85. The lowest BCUT2D eigenvalue weighted by Crippen LogP contribution is -2.13. The number of aryl methyl sites for hydroxylation is 2. The molecular formula is C19H29N3. The summed E-state index contributed by atoms with van der Waals surface area (Å²) in [6, 6.07) is 6.98. The summed E-state index contributed by atoms with van der Waals surface area (Å²) in [4.78, 5) is 0. The van der Waals surface area contributed by atoms with Gasteiger partial charge in [0.15, 0.2) is 0 Å². The molecule has 1 aromatic heterocycles. The first-order chi connectivity index (χ1) is 10.3. The second-order valence-corrected chi connectivity index (χ2v) is 7.19. The molecule has 120 valence electrons. The maximum atomic E-state index is 4.29. The molecule has 1 aromatic carbocycles. The predicted molar refractivity (Wildman–Crippen MR) is 92.3 cm³/mol. The molecule has 0 saturated carbocycles. The zero-order chi connectivity index (χ0) is 16.3. The maximum absolute atomic E-state index is 4.29. The van der Waals surface area contributed by atoms with Gasteiger partial charge in [0.25, 0.3) is 0 Å². The van der Waals surface area contributed by atoms with E-state index >= 15 is 0 Å². The third kappa shape index (κ3) is 3.76. The van der Waals surface area contributed by atoms with E-state index in [4.69, 9.17) is 0 Å². The van der Waals surface area contributed by atoms with Crippen LogP contribution in [0.2, 0.25) is 0 Å². The molecule has 1 atom stereocenters. The van der Waals surface area contributed by atoms with Gasteiger partial charge >= 0.3 is 0 Å². The van der Waals surface area contributed by atoms with E-state index in [1.54, 1.807) is 0 Å². The molecular weight excluding hydrogens is 270 g/mol. The molecule has 0 N–H and O–H groups in total. The van der Waals surface area contributed by atoms with Crippen LogP contribution < -0.4 is 0 Å². The second-order valence-electron chi connectivity index (χ2n) is 7.19. The fourth-order valence-electron chi connectivity index (χ4n) is 2.85. The van der Waals surface area contributed by atoms with Crippen molar-refractivity contribution in [3.05, 3.63) is 46.8 Å². The molecule has 0 fully saturated rings. The first-order valence-electron chi connectivity index (χ1n) is 8.37. The van der Waals surface area contributed by atoms with Gasteiger partial charge in [0.1, 0.15) is 0 Å². The van der Waals surface area contributed by atoms with E-state index < -0.39 is 0 Å². The van der Waals surface area contributed by atoms with Gasteiger partial charge in [-0.2, -0.15) is 0 Å². The molecule has 22 heavy (non-hydrogen) atoms. The Kier molecular flexibility index (Phi) is 5.05. The fraction of sp³-hybridized carbons (Fsp3) is 0.579. The first-order valence-corrected chi connectivity index (χ1v) is 8.37. The van der Waals surface area contributed by atoms with Crippen LogP contribution in [0.15, 0.2) is 24.4 Å². The van der Waals surface area contributed by atoms with Crippen molar-refractivity contribution in [1.82, 2.24) is 15.0 Å². The molecule has 3 heteroatoms. The highest BCUT2D eigenvalue weighted by Gasteiger charge is 2.18. The zero-order valence-corrected chi connectivity index (χ0v) is 14.8. The number of rotatable bonds is 5. The van der Waals surface area contributed by atoms with Crippen LogP contribution in [0.1, 0.15) is 69.8 Å². The van der Waals surface area contributed by atoms with Crippen molar-refractivity contribution in [3.8, 4) is 0 Å². The van der Waals surface area contributed by atoms with Gasteiger partial charge in [0.2, 0.25) is 0 Å². The molecule has 3 nitrogen and oxygen atoms in total. The largest absolute Gasteiger partial charge is 0.253 e. The van der Waals surface area contributed by atoms with Crippen LogP contribution in [-0.2, 0) is 24.8 Å². The summed E-state index contributed by atoms with van der Waals surface area (Å²) >= 11 is 0. The Morgan fingerprint density at radius 2 is 1.91 bits per heavy atom. The summed E-state index contributed by atoms with van der Waals surface area (Å²) in [5, 5.41) is 8.44. The monoisotopic (exact) mass is 299 g/mol. The summed E-state index contributed by atoms with van der Waals surface area (Å²) in [6.07, 6.45) is 4.09. The van der Waals surface area contributed by atoms with E-state index in [2.05, 4.69) is 76.3 Å². The van der Waals surface area contributed by atoms with E-state index in [9.17, 15) is 0 Å². The van der Waals surface area contributed by atoms with Crippen molar-refractivity contribution in [2.24, 2.45) is 0 Å². The molecule has 0 bridgehead atoms. The second kappa shape index (κ2) is 6.64. The topological polar surface area (TPSA) is 30.7 Å². The van der Waals surface area contributed by atoms with Crippen molar-refractivity contribution < 1.29 is 0 Å². The van der Waals surface area contributed by atoms with Crippen LogP contribution >= 0.6 is 0 Å². The van der Waals surface area contributed by atoms with Gasteiger partial charge in [0, 0.05) is 12.7 Å². The highest BCUT2D eigenvalue weighted by atomic mass is 15.4. The van der Waals surface area contributed by atoms with Crippen LogP contribution in [0.3, 0.4) is 0 Å². The van der Waals surface area contributed by atoms with Gasteiger partial charge in [0.05, 0.1) is 5.69 Å². The summed E-state index contributed by atoms with van der Waals surface area (Å²) in [6.45, 7) is 14.3. The molecule has 0 spiro atoms. The maximum Gasteiger partial charge on any atom is 0.0833 e. The highest BCUT2D eigenvalue weighted by molar-refractivity contribution is 5.37. The average molecular weight is 299 g/mol. The lowest BCUT2D eigenvalue weighted by atomic mass is 9.82. The van der Waals surface area contributed by atoms with E-state index in [-0.39, 0.29) is 5.41 Å². The van der Waals surface area contributed by atoms with Gasteiger partial charge in [-0.1, -0.05) is 58.0 Å². The lowest BCUT2D eigenvalue weighted by molar-refractivity contribution is 0.587. The molecule has 2 rings (SSSR count). The van der Waals surface area contributed by atoms with Crippen molar-refractivity contribution in [2.75, 3.05) is 0 Å². The third-order valence-electron chi connectivity index (χ3n) is 4.35. The minimum atomic E-state index is 0.187. The smallest absolute Gasteiger partial charge is 0.0833 e. The lowest BCUT2D eigenvalue weighted by Gasteiger charge is -2.23. The summed E-state index contributed by atoms with van der Waals surface area (Å²) in [7, 11) is 0. The third-order valence-corrected chi connectivity index (χ3v) is 4.35. The Bertz CT molecular complexity index is 620. The summed E-state index contributed by atoms with van der Waals surface area (Å²) < 4.78 is 1.90. The van der Waals surface area contributed by atoms with Crippen molar-refractivity contribution in [2.45, 2.75) is 72.3 Å². The number of hydrogen-bond donors (Lipinski definition) is 0. The molecule has 2 aromatic rings. The van der Waals surface area contributed by atoms with Crippen molar-refractivity contribution in [3.63, 3.8) is 0 Å². The molecule has 1 unspecified atom stereocenters. The number of benzene rings is 1. The molecule has 0 amide bonds. The van der Waals surface area contributed by atoms with Crippen LogP contribution in [-0.4, -0.2) is 15.0 Å². The van der Waals surface area contributed by atoms with Crippen LogP contribution in [0.25, 0.3) is 0 Å². The quantitative estimate of drug-likeness (QED) is 0.813. The molecule has 0 aliphatic rings. The van der Waals surface area contributed by atoms with Gasteiger partial charge < -0.3 is 0 Å². The normalized spacial score (nSPS) is 13.4. The molecule has 1 heterocycles. The Morgan fingerprint density at radius 3 is 2.45 bits per heavy atom. The SMILES string of the molecule is CCc1ccc(C(C)(C)C)cc1C(C)Cc1cn(CC)nn1. The average Bonchev–Trinajstić information content (AvgIpc) is 2.93. The molecule has 0 radical (unpaired) electrons. The zero-order valence-electron chi connectivity index (χ0n) is 14.8. The highest BCUT2D eigenvalue weighted by Crippen LogP contribution is 2.30. The van der Waals surface area contributed by atoms with Crippen molar-refractivity contribution in [1.29, 1.82) is 0 Å². The minimum Gasteiger partial charge on any atom is -0.253 e. The van der Waals surface area contributed by atoms with Crippen LogP contribution in [0.4, 0.5) is 0 Å². The standard InChI is InChI=1S/C19H29N3/c1-7-15-9-10-16(19(4,5)6)12-18(15)14(3)11-17-13-22(8-2)21-20-17/h9-10,12-14H,7-8,11H2,1-6H3. The van der Waals surface area contributed by atoms with E-state index in [1.807, 2.05) is 4.68 Å².